The maximum absolute atomic E-state index is 11.4. The van der Waals surface area contributed by atoms with Crippen LogP contribution in [0.2, 0.25) is 0 Å². The van der Waals surface area contributed by atoms with E-state index in [-0.39, 0.29) is 5.91 Å². The van der Waals surface area contributed by atoms with Crippen molar-refractivity contribution in [2.75, 3.05) is 19.8 Å². The molecular formula is C10H17N3O4. The van der Waals surface area contributed by atoms with E-state index in [4.69, 9.17) is 9.47 Å². The molecule has 7 nitrogen and oxygen atoms in total. The Morgan fingerprint density at radius 2 is 2.29 bits per heavy atom. The van der Waals surface area contributed by atoms with E-state index in [1.165, 1.54) is 0 Å². The van der Waals surface area contributed by atoms with Crippen molar-refractivity contribution in [3.8, 4) is 5.88 Å². The van der Waals surface area contributed by atoms with Crippen LogP contribution in [0.25, 0.3) is 0 Å². The highest BCUT2D eigenvalue weighted by Gasteiger charge is 2.11. The highest BCUT2D eigenvalue weighted by Crippen LogP contribution is 2.09. The van der Waals surface area contributed by atoms with Gasteiger partial charge >= 0.3 is 0 Å². The molecule has 1 aromatic heterocycles. The van der Waals surface area contributed by atoms with Crippen LogP contribution < -0.4 is 10.1 Å². The van der Waals surface area contributed by atoms with Crippen LogP contribution in [0.3, 0.4) is 0 Å². The number of carbonyl (C=O) groups excluding carboxylic acids is 1. The number of rotatable bonds is 7. The van der Waals surface area contributed by atoms with E-state index in [0.717, 1.165) is 0 Å². The Hall–Kier alpha value is -1.63. The molecule has 0 fully saturated rings. The second-order valence-corrected chi connectivity index (χ2v) is 3.39. The van der Waals surface area contributed by atoms with E-state index in [1.807, 2.05) is 6.92 Å². The summed E-state index contributed by atoms with van der Waals surface area (Å²) in [7, 11) is 0. The zero-order valence-electron chi connectivity index (χ0n) is 10.2. The summed E-state index contributed by atoms with van der Waals surface area (Å²) in [6, 6.07) is 0. The SMILES string of the molecule is CCO[C@@H](C)C(=O)NCCOc1nonc1C. The van der Waals surface area contributed by atoms with Crippen molar-refractivity contribution in [2.24, 2.45) is 0 Å². The number of carbonyl (C=O) groups is 1. The van der Waals surface area contributed by atoms with Crippen LogP contribution in [0.5, 0.6) is 5.88 Å². The summed E-state index contributed by atoms with van der Waals surface area (Å²) in [6.07, 6.45) is -0.449. The van der Waals surface area contributed by atoms with E-state index in [1.54, 1.807) is 13.8 Å². The predicted molar refractivity (Wildman–Crippen MR) is 58.6 cm³/mol. The number of nitrogens with zero attached hydrogens (tertiary/aromatic N) is 2. The third-order valence-corrected chi connectivity index (χ3v) is 2.04. The van der Waals surface area contributed by atoms with E-state index in [9.17, 15) is 4.79 Å². The highest BCUT2D eigenvalue weighted by atomic mass is 16.6. The first-order valence-electron chi connectivity index (χ1n) is 5.46. The Labute approximate surface area is 99.4 Å². The summed E-state index contributed by atoms with van der Waals surface area (Å²) < 4.78 is 14.8. The summed E-state index contributed by atoms with van der Waals surface area (Å²) in [4.78, 5) is 11.4. The van der Waals surface area contributed by atoms with Gasteiger partial charge in [-0.15, -0.1) is 0 Å². The predicted octanol–water partition coefficient (Wildman–Crippen LogP) is 0.298. The van der Waals surface area contributed by atoms with Gasteiger partial charge in [-0.1, -0.05) is 5.16 Å². The van der Waals surface area contributed by atoms with Gasteiger partial charge in [-0.05, 0) is 25.9 Å². The number of aromatic nitrogens is 2. The summed E-state index contributed by atoms with van der Waals surface area (Å²) in [5, 5.41) is 9.80. The number of nitrogens with one attached hydrogen (secondary N) is 1. The molecule has 0 aliphatic rings. The van der Waals surface area contributed by atoms with Gasteiger partial charge in [0.05, 0.1) is 6.54 Å². The molecule has 0 aliphatic heterocycles. The largest absolute Gasteiger partial charge is 0.472 e. The van der Waals surface area contributed by atoms with Gasteiger partial charge in [-0.2, -0.15) is 0 Å². The lowest BCUT2D eigenvalue weighted by atomic mass is 10.4. The minimum atomic E-state index is -0.449. The van der Waals surface area contributed by atoms with Gasteiger partial charge in [-0.3, -0.25) is 4.79 Å². The lowest BCUT2D eigenvalue weighted by molar-refractivity contribution is -0.131. The van der Waals surface area contributed by atoms with Crippen molar-refractivity contribution >= 4 is 5.91 Å². The molecule has 17 heavy (non-hydrogen) atoms. The van der Waals surface area contributed by atoms with Gasteiger partial charge in [0, 0.05) is 6.61 Å². The molecule has 1 rings (SSSR count). The number of amides is 1. The van der Waals surface area contributed by atoms with Crippen molar-refractivity contribution in [1.29, 1.82) is 0 Å². The molecule has 1 atom stereocenters. The van der Waals surface area contributed by atoms with Gasteiger partial charge in [0.1, 0.15) is 18.4 Å². The van der Waals surface area contributed by atoms with E-state index < -0.39 is 6.10 Å². The molecule has 0 aliphatic carbocycles. The van der Waals surface area contributed by atoms with E-state index >= 15 is 0 Å². The third kappa shape index (κ3) is 4.39. The van der Waals surface area contributed by atoms with Crippen molar-refractivity contribution < 1.29 is 18.9 Å². The lowest BCUT2D eigenvalue weighted by Crippen LogP contribution is -2.36. The van der Waals surface area contributed by atoms with Crippen molar-refractivity contribution in [3.63, 3.8) is 0 Å². The first-order chi connectivity index (χ1) is 8.15. The first-order valence-corrected chi connectivity index (χ1v) is 5.46. The number of hydrogen-bond acceptors (Lipinski definition) is 6. The van der Waals surface area contributed by atoms with Crippen LogP contribution in [-0.2, 0) is 9.53 Å². The van der Waals surface area contributed by atoms with Crippen LogP contribution in [0, 0.1) is 6.92 Å². The lowest BCUT2D eigenvalue weighted by Gasteiger charge is -2.11. The van der Waals surface area contributed by atoms with Gasteiger partial charge in [0.15, 0.2) is 0 Å². The van der Waals surface area contributed by atoms with Gasteiger partial charge in [0.25, 0.3) is 5.88 Å². The smallest absolute Gasteiger partial charge is 0.278 e. The molecule has 0 saturated carbocycles. The van der Waals surface area contributed by atoms with E-state index in [0.29, 0.717) is 31.3 Å². The summed E-state index contributed by atoms with van der Waals surface area (Å²) in [6.45, 7) is 6.46. The average Bonchev–Trinajstić information content (AvgIpc) is 2.70. The van der Waals surface area contributed by atoms with Crippen LogP contribution >= 0.6 is 0 Å². The molecule has 0 radical (unpaired) electrons. The normalized spacial score (nSPS) is 12.2. The molecule has 0 unspecified atom stereocenters. The highest BCUT2D eigenvalue weighted by molar-refractivity contribution is 5.80. The maximum atomic E-state index is 11.4. The molecule has 7 heteroatoms. The monoisotopic (exact) mass is 243 g/mol. The minimum absolute atomic E-state index is 0.162. The Bertz CT molecular complexity index is 353. The average molecular weight is 243 g/mol. The van der Waals surface area contributed by atoms with Crippen LogP contribution in [0.15, 0.2) is 4.63 Å². The van der Waals surface area contributed by atoms with Crippen LogP contribution in [0.4, 0.5) is 0 Å². The molecular weight excluding hydrogens is 226 g/mol. The molecule has 0 bridgehead atoms. The zero-order chi connectivity index (χ0) is 12.7. The van der Waals surface area contributed by atoms with Crippen LogP contribution in [-0.4, -0.2) is 42.1 Å². The van der Waals surface area contributed by atoms with Crippen LogP contribution in [0.1, 0.15) is 19.5 Å². The zero-order valence-corrected chi connectivity index (χ0v) is 10.2. The molecule has 0 saturated heterocycles. The first kappa shape index (κ1) is 13.4. The van der Waals surface area contributed by atoms with Crippen molar-refractivity contribution in [3.05, 3.63) is 5.69 Å². The van der Waals surface area contributed by atoms with Gasteiger partial charge in [0.2, 0.25) is 5.91 Å². The quantitative estimate of drug-likeness (QED) is 0.693. The number of aryl methyl sites for hydroxylation is 1. The molecule has 96 valence electrons. The number of hydrogen-bond donors (Lipinski definition) is 1. The Kier molecular flexibility index (Phi) is 5.41. The van der Waals surface area contributed by atoms with Gasteiger partial charge < -0.3 is 14.8 Å². The Balaban J connectivity index is 2.16. The maximum Gasteiger partial charge on any atom is 0.278 e. The summed E-state index contributed by atoms with van der Waals surface area (Å²) in [5.74, 6) is 0.183. The fraction of sp³-hybridized carbons (Fsp3) is 0.700. The van der Waals surface area contributed by atoms with Crippen molar-refractivity contribution in [1.82, 2.24) is 15.6 Å². The molecule has 1 N–H and O–H groups in total. The minimum Gasteiger partial charge on any atom is -0.472 e. The summed E-state index contributed by atoms with van der Waals surface area (Å²) in [5.41, 5.74) is 0.582. The molecule has 1 aromatic rings. The molecule has 1 amide bonds. The standard InChI is InChI=1S/C10H17N3O4/c1-4-15-8(3)9(14)11-5-6-16-10-7(2)12-17-13-10/h8H,4-6H2,1-3H3,(H,11,14)/t8-/m0/s1. The third-order valence-electron chi connectivity index (χ3n) is 2.04. The Morgan fingerprint density at radius 3 is 2.88 bits per heavy atom. The number of ether oxygens (including phenoxy) is 2. The molecule has 0 aromatic carbocycles. The van der Waals surface area contributed by atoms with E-state index in [2.05, 4.69) is 20.3 Å². The Morgan fingerprint density at radius 1 is 1.53 bits per heavy atom. The topological polar surface area (TPSA) is 86.5 Å². The second kappa shape index (κ2) is 6.85. The molecule has 1 heterocycles. The molecule has 0 spiro atoms. The van der Waals surface area contributed by atoms with Crippen molar-refractivity contribution in [2.45, 2.75) is 26.9 Å². The fourth-order valence-corrected chi connectivity index (χ4v) is 1.15. The van der Waals surface area contributed by atoms with Gasteiger partial charge in [-0.25, -0.2) is 4.63 Å². The fourth-order valence-electron chi connectivity index (χ4n) is 1.15. The second-order valence-electron chi connectivity index (χ2n) is 3.39. The summed E-state index contributed by atoms with van der Waals surface area (Å²) >= 11 is 0.